The fraction of sp³-hybridized carbons (Fsp3) is 0.464. The van der Waals surface area contributed by atoms with Gasteiger partial charge in [0.15, 0.2) is 0 Å². The molecule has 196 valence electrons. The molecular weight excluding hydrogens is 458 g/mol. The van der Waals surface area contributed by atoms with Crippen molar-refractivity contribution in [1.82, 2.24) is 10.2 Å². The highest BCUT2D eigenvalue weighted by Crippen LogP contribution is 2.28. The number of carbonyl (C=O) groups excluding carboxylic acids is 3. The summed E-state index contributed by atoms with van der Waals surface area (Å²) < 4.78 is 5.30. The van der Waals surface area contributed by atoms with Crippen molar-refractivity contribution in [3.05, 3.63) is 59.2 Å². The summed E-state index contributed by atoms with van der Waals surface area (Å²) in [5.41, 5.74) is 2.33. The zero-order chi connectivity index (χ0) is 27.0. The highest BCUT2D eigenvalue weighted by Gasteiger charge is 2.34. The van der Waals surface area contributed by atoms with Gasteiger partial charge in [-0.25, -0.2) is 4.79 Å². The highest BCUT2D eigenvalue weighted by atomic mass is 16.6. The Kier molecular flexibility index (Phi) is 9.90. The second-order valence-corrected chi connectivity index (χ2v) is 10.0. The standard InChI is InChI=1S/C28H39N3O5/c1-8-9-17-31(26(34)20(4)29-27(35)36-28(5,6)7)24(21-13-15-22(32)16-14-21)25(33)30-23-18(2)11-10-12-19(23)3/h10-16,20,24,32H,8-9,17H2,1-7H3,(H,29,35)(H,30,33). The van der Waals surface area contributed by atoms with Gasteiger partial charge in [0.2, 0.25) is 5.91 Å². The van der Waals surface area contributed by atoms with E-state index in [1.807, 2.05) is 39.0 Å². The number of nitrogens with one attached hydrogen (secondary N) is 2. The number of amides is 3. The second kappa shape index (κ2) is 12.4. The zero-order valence-electron chi connectivity index (χ0n) is 22.3. The first-order valence-electron chi connectivity index (χ1n) is 12.3. The molecule has 0 aromatic heterocycles. The fourth-order valence-electron chi connectivity index (χ4n) is 3.82. The third-order valence-electron chi connectivity index (χ3n) is 5.64. The molecule has 0 aliphatic rings. The lowest BCUT2D eigenvalue weighted by atomic mass is 10.0. The summed E-state index contributed by atoms with van der Waals surface area (Å²) >= 11 is 0. The number of para-hydroxylation sites is 1. The lowest BCUT2D eigenvalue weighted by molar-refractivity contribution is -0.140. The van der Waals surface area contributed by atoms with Crippen LogP contribution in [-0.2, 0) is 14.3 Å². The minimum Gasteiger partial charge on any atom is -0.508 e. The molecule has 0 heterocycles. The SMILES string of the molecule is CCCCN(C(=O)C(C)NC(=O)OC(C)(C)C)C(C(=O)Nc1c(C)cccc1C)c1ccc(O)cc1. The number of anilines is 1. The summed E-state index contributed by atoms with van der Waals surface area (Å²) in [4.78, 5) is 41.2. The Morgan fingerprint density at radius 3 is 2.14 bits per heavy atom. The predicted molar refractivity (Wildman–Crippen MR) is 141 cm³/mol. The van der Waals surface area contributed by atoms with E-state index in [2.05, 4.69) is 10.6 Å². The van der Waals surface area contributed by atoms with E-state index in [-0.39, 0.29) is 11.7 Å². The molecule has 36 heavy (non-hydrogen) atoms. The van der Waals surface area contributed by atoms with E-state index in [1.165, 1.54) is 17.0 Å². The second-order valence-electron chi connectivity index (χ2n) is 10.0. The Morgan fingerprint density at radius 2 is 1.61 bits per heavy atom. The molecule has 2 aromatic carbocycles. The van der Waals surface area contributed by atoms with Gasteiger partial charge in [-0.3, -0.25) is 9.59 Å². The van der Waals surface area contributed by atoms with E-state index < -0.39 is 29.7 Å². The predicted octanol–water partition coefficient (Wildman–Crippen LogP) is 5.23. The van der Waals surface area contributed by atoms with Gasteiger partial charge in [-0.15, -0.1) is 0 Å². The van der Waals surface area contributed by atoms with Crippen molar-refractivity contribution in [2.75, 3.05) is 11.9 Å². The molecule has 3 amide bonds. The van der Waals surface area contributed by atoms with E-state index >= 15 is 0 Å². The molecule has 2 atom stereocenters. The van der Waals surface area contributed by atoms with Gasteiger partial charge in [0.25, 0.3) is 5.91 Å². The van der Waals surface area contributed by atoms with E-state index in [4.69, 9.17) is 4.74 Å². The van der Waals surface area contributed by atoms with Crippen molar-refractivity contribution in [2.45, 2.75) is 79.0 Å². The van der Waals surface area contributed by atoms with Gasteiger partial charge < -0.3 is 25.4 Å². The number of hydrogen-bond acceptors (Lipinski definition) is 5. The molecule has 8 heteroatoms. The number of phenolic OH excluding ortho intramolecular Hbond substituents is 1. The van der Waals surface area contributed by atoms with Crippen molar-refractivity contribution >= 4 is 23.6 Å². The fourth-order valence-corrected chi connectivity index (χ4v) is 3.82. The average molecular weight is 498 g/mol. The van der Waals surface area contributed by atoms with Gasteiger partial charge in [0.05, 0.1) is 0 Å². The van der Waals surface area contributed by atoms with Crippen LogP contribution in [-0.4, -0.2) is 46.1 Å². The monoisotopic (exact) mass is 497 g/mol. The Balaban J connectivity index is 2.45. The molecule has 2 aromatic rings. The van der Waals surface area contributed by atoms with E-state index in [1.54, 1.807) is 39.8 Å². The lowest BCUT2D eigenvalue weighted by Crippen LogP contribution is -2.51. The topological polar surface area (TPSA) is 108 Å². The number of phenols is 1. The van der Waals surface area contributed by atoms with Crippen LogP contribution in [0.1, 0.15) is 70.2 Å². The van der Waals surface area contributed by atoms with Gasteiger partial charge in [-0.1, -0.05) is 43.7 Å². The Hall–Kier alpha value is -3.55. The molecule has 2 unspecified atom stereocenters. The largest absolute Gasteiger partial charge is 0.508 e. The minimum absolute atomic E-state index is 0.0547. The first kappa shape index (κ1) is 28.7. The van der Waals surface area contributed by atoms with Crippen LogP contribution >= 0.6 is 0 Å². The maximum Gasteiger partial charge on any atom is 0.408 e. The first-order valence-corrected chi connectivity index (χ1v) is 12.3. The molecule has 0 aliphatic carbocycles. The zero-order valence-corrected chi connectivity index (χ0v) is 22.3. The van der Waals surface area contributed by atoms with Crippen LogP contribution in [0.4, 0.5) is 10.5 Å². The number of aromatic hydroxyl groups is 1. The molecular formula is C28H39N3O5. The van der Waals surface area contributed by atoms with Crippen LogP contribution in [0.3, 0.4) is 0 Å². The number of aryl methyl sites for hydroxylation is 2. The first-order chi connectivity index (χ1) is 16.8. The van der Waals surface area contributed by atoms with Crippen LogP contribution < -0.4 is 10.6 Å². The Morgan fingerprint density at radius 1 is 1.03 bits per heavy atom. The maximum absolute atomic E-state index is 13.8. The van der Waals surface area contributed by atoms with Gasteiger partial charge >= 0.3 is 6.09 Å². The van der Waals surface area contributed by atoms with Crippen molar-refractivity contribution in [2.24, 2.45) is 0 Å². The van der Waals surface area contributed by atoms with Crippen molar-refractivity contribution < 1.29 is 24.2 Å². The van der Waals surface area contributed by atoms with Crippen LogP contribution in [0.25, 0.3) is 0 Å². The molecule has 2 rings (SSSR count). The smallest absolute Gasteiger partial charge is 0.408 e. The van der Waals surface area contributed by atoms with Gasteiger partial charge in [-0.2, -0.15) is 0 Å². The summed E-state index contributed by atoms with van der Waals surface area (Å²) in [6.07, 6.45) is 0.759. The van der Waals surface area contributed by atoms with Gasteiger partial charge in [0.1, 0.15) is 23.4 Å². The normalized spacial score (nSPS) is 12.9. The number of benzene rings is 2. The molecule has 0 aliphatic heterocycles. The number of rotatable bonds is 9. The third-order valence-corrected chi connectivity index (χ3v) is 5.64. The molecule has 0 spiro atoms. The Labute approximate surface area is 214 Å². The number of carbonyl (C=O) groups is 3. The maximum atomic E-state index is 13.8. The highest BCUT2D eigenvalue weighted by molar-refractivity contribution is 5.99. The number of nitrogens with zero attached hydrogens (tertiary/aromatic N) is 1. The number of alkyl carbamates (subject to hydrolysis) is 1. The van der Waals surface area contributed by atoms with E-state index in [0.717, 1.165) is 17.5 Å². The van der Waals surface area contributed by atoms with Crippen molar-refractivity contribution in [3.8, 4) is 5.75 Å². The number of ether oxygens (including phenoxy) is 1. The van der Waals surface area contributed by atoms with E-state index in [9.17, 15) is 19.5 Å². The van der Waals surface area contributed by atoms with Crippen LogP contribution in [0.2, 0.25) is 0 Å². The minimum atomic E-state index is -0.980. The molecule has 0 fully saturated rings. The summed E-state index contributed by atoms with van der Waals surface area (Å²) in [7, 11) is 0. The van der Waals surface area contributed by atoms with Crippen molar-refractivity contribution in [1.29, 1.82) is 0 Å². The molecule has 0 radical (unpaired) electrons. The molecule has 0 saturated carbocycles. The average Bonchev–Trinajstić information content (AvgIpc) is 2.78. The van der Waals surface area contributed by atoms with Gasteiger partial charge in [0, 0.05) is 12.2 Å². The summed E-state index contributed by atoms with van der Waals surface area (Å²) in [5, 5.41) is 15.4. The summed E-state index contributed by atoms with van der Waals surface area (Å²) in [6, 6.07) is 10.1. The molecule has 3 N–H and O–H groups in total. The lowest BCUT2D eigenvalue weighted by Gasteiger charge is -2.34. The number of unbranched alkanes of at least 4 members (excludes halogenated alkanes) is 1. The van der Waals surface area contributed by atoms with E-state index in [0.29, 0.717) is 24.2 Å². The van der Waals surface area contributed by atoms with Crippen LogP contribution in [0, 0.1) is 13.8 Å². The Bertz CT molecular complexity index is 1040. The van der Waals surface area contributed by atoms with Crippen LogP contribution in [0.15, 0.2) is 42.5 Å². The van der Waals surface area contributed by atoms with Crippen LogP contribution in [0.5, 0.6) is 5.75 Å². The molecule has 8 nitrogen and oxygen atoms in total. The summed E-state index contributed by atoms with van der Waals surface area (Å²) in [5.74, 6) is -0.741. The number of hydrogen-bond donors (Lipinski definition) is 3. The van der Waals surface area contributed by atoms with Gasteiger partial charge in [-0.05, 0) is 76.8 Å². The third kappa shape index (κ3) is 8.00. The molecule has 0 bridgehead atoms. The quantitative estimate of drug-likeness (QED) is 0.440. The summed E-state index contributed by atoms with van der Waals surface area (Å²) in [6.45, 7) is 12.9. The van der Waals surface area contributed by atoms with Crippen molar-refractivity contribution in [3.63, 3.8) is 0 Å². The molecule has 0 saturated heterocycles.